The quantitative estimate of drug-likeness (QED) is 0.543. The molecule has 36 heavy (non-hydrogen) atoms. The number of hydrogen-bond donors (Lipinski definition) is 2. The van der Waals surface area contributed by atoms with Crippen LogP contribution >= 0.6 is 12.2 Å². The molecule has 7 nitrogen and oxygen atoms in total. The molecule has 2 aliphatic rings. The predicted octanol–water partition coefficient (Wildman–Crippen LogP) is 4.44. The number of alkyl halides is 3. The Bertz CT molecular complexity index is 1090. The van der Waals surface area contributed by atoms with E-state index < -0.39 is 11.7 Å². The minimum atomic E-state index is -4.56. The number of thiocarbonyl (C=S) groups is 1. The molecular weight excluding hydrogens is 489 g/mol. The Morgan fingerprint density at radius 3 is 2.47 bits per heavy atom. The van der Waals surface area contributed by atoms with Gasteiger partial charge in [0.25, 0.3) is 0 Å². The lowest BCUT2D eigenvalue weighted by Gasteiger charge is -2.37. The highest BCUT2D eigenvalue weighted by Crippen LogP contribution is 2.34. The second kappa shape index (κ2) is 11.3. The molecule has 1 saturated carbocycles. The number of ether oxygens (including phenoxy) is 1. The maximum atomic E-state index is 13.2. The van der Waals surface area contributed by atoms with E-state index in [0.717, 1.165) is 68.7 Å². The van der Waals surface area contributed by atoms with Gasteiger partial charge in [-0.05, 0) is 56.0 Å². The number of piperazine rings is 1. The first-order valence-electron chi connectivity index (χ1n) is 12.0. The van der Waals surface area contributed by atoms with Gasteiger partial charge in [-0.3, -0.25) is 0 Å². The van der Waals surface area contributed by atoms with E-state index in [9.17, 15) is 13.2 Å². The SMILES string of the molecule is N#Cc1ccc(N[C@H]2CC[C@H](OCC(=S)N3CCN(c4ccc(N)cn4)CC3)CC2)cc1C(F)(F)F. The molecule has 0 bridgehead atoms. The van der Waals surface area contributed by atoms with Crippen LogP contribution in [0.5, 0.6) is 0 Å². The van der Waals surface area contributed by atoms with Crippen molar-refractivity contribution >= 4 is 34.4 Å². The summed E-state index contributed by atoms with van der Waals surface area (Å²) >= 11 is 5.61. The van der Waals surface area contributed by atoms with E-state index in [1.165, 1.54) is 12.1 Å². The fourth-order valence-corrected chi connectivity index (χ4v) is 4.88. The van der Waals surface area contributed by atoms with Crippen LogP contribution in [-0.4, -0.2) is 59.8 Å². The zero-order valence-corrected chi connectivity index (χ0v) is 20.6. The van der Waals surface area contributed by atoms with E-state index in [-0.39, 0.29) is 17.7 Å². The van der Waals surface area contributed by atoms with Gasteiger partial charge in [-0.1, -0.05) is 12.2 Å². The summed E-state index contributed by atoms with van der Waals surface area (Å²) in [7, 11) is 0. The molecule has 1 saturated heterocycles. The molecule has 0 unspecified atom stereocenters. The number of hydrogen-bond acceptors (Lipinski definition) is 7. The second-order valence-electron chi connectivity index (χ2n) is 9.12. The fraction of sp³-hybridized carbons (Fsp3) is 0.480. The van der Waals surface area contributed by atoms with Crippen molar-refractivity contribution in [3.8, 4) is 6.07 Å². The van der Waals surface area contributed by atoms with Gasteiger partial charge in [0.15, 0.2) is 0 Å². The Morgan fingerprint density at radius 2 is 1.86 bits per heavy atom. The zero-order chi connectivity index (χ0) is 25.7. The Hall–Kier alpha value is -3.10. The summed E-state index contributed by atoms with van der Waals surface area (Å²) < 4.78 is 45.7. The molecule has 1 aliphatic carbocycles. The lowest BCUT2D eigenvalue weighted by molar-refractivity contribution is -0.137. The number of nitriles is 1. The Balaban J connectivity index is 1.19. The maximum Gasteiger partial charge on any atom is 0.417 e. The summed E-state index contributed by atoms with van der Waals surface area (Å²) in [6.07, 6.45) is 0.352. The summed E-state index contributed by atoms with van der Waals surface area (Å²) in [6, 6.07) is 9.20. The largest absolute Gasteiger partial charge is 0.417 e. The van der Waals surface area contributed by atoms with Gasteiger partial charge in [0.05, 0.1) is 41.8 Å². The van der Waals surface area contributed by atoms with Gasteiger partial charge in [0, 0.05) is 37.9 Å². The average Bonchev–Trinajstić information content (AvgIpc) is 2.88. The number of halogens is 3. The molecule has 192 valence electrons. The molecule has 2 aromatic rings. The van der Waals surface area contributed by atoms with Gasteiger partial charge in [0.2, 0.25) is 0 Å². The van der Waals surface area contributed by atoms with Crippen LogP contribution in [0.1, 0.15) is 36.8 Å². The number of benzene rings is 1. The third kappa shape index (κ3) is 6.56. The number of aromatic nitrogens is 1. The molecule has 1 aliphatic heterocycles. The molecule has 0 amide bonds. The van der Waals surface area contributed by atoms with E-state index in [0.29, 0.717) is 18.0 Å². The first-order chi connectivity index (χ1) is 17.2. The van der Waals surface area contributed by atoms with Crippen LogP contribution in [0.4, 0.5) is 30.4 Å². The second-order valence-corrected chi connectivity index (χ2v) is 9.59. The van der Waals surface area contributed by atoms with Crippen molar-refractivity contribution in [2.45, 2.75) is 44.0 Å². The van der Waals surface area contributed by atoms with Crippen molar-refractivity contribution in [3.05, 3.63) is 47.7 Å². The summed E-state index contributed by atoms with van der Waals surface area (Å²) in [5, 5.41) is 12.1. The van der Waals surface area contributed by atoms with Gasteiger partial charge in [-0.15, -0.1) is 0 Å². The van der Waals surface area contributed by atoms with Crippen LogP contribution in [0.15, 0.2) is 36.5 Å². The van der Waals surface area contributed by atoms with E-state index >= 15 is 0 Å². The van der Waals surface area contributed by atoms with Crippen molar-refractivity contribution in [2.24, 2.45) is 0 Å². The number of rotatable bonds is 6. The monoisotopic (exact) mass is 518 g/mol. The predicted molar refractivity (Wildman–Crippen MR) is 137 cm³/mol. The van der Waals surface area contributed by atoms with Crippen LogP contribution in [-0.2, 0) is 10.9 Å². The van der Waals surface area contributed by atoms with Gasteiger partial charge in [-0.25, -0.2) is 4.98 Å². The standard InChI is InChI=1S/C25H29F3N6OS/c26-25(27,28)22-13-20(3-1-17(22)14-29)32-19-4-6-21(7-5-19)35-16-24(36)34-11-9-33(10-12-34)23-8-2-18(30)15-31-23/h1-3,8,13,15,19,21,32H,4-7,9-12,16,30H2/t19-,21-. The van der Waals surface area contributed by atoms with Crippen molar-refractivity contribution in [2.75, 3.05) is 48.7 Å². The molecule has 0 spiro atoms. The van der Waals surface area contributed by atoms with Crippen molar-refractivity contribution < 1.29 is 17.9 Å². The molecule has 3 N–H and O–H groups in total. The zero-order valence-electron chi connectivity index (χ0n) is 19.8. The Kier molecular flexibility index (Phi) is 8.16. The van der Waals surface area contributed by atoms with Gasteiger partial charge in [-0.2, -0.15) is 18.4 Å². The Labute approximate surface area is 214 Å². The lowest BCUT2D eigenvalue weighted by atomic mass is 9.92. The third-order valence-electron chi connectivity index (χ3n) is 6.66. The highest BCUT2D eigenvalue weighted by molar-refractivity contribution is 7.80. The first kappa shape index (κ1) is 26.0. The minimum absolute atomic E-state index is 0.0563. The molecule has 1 aromatic heterocycles. The van der Waals surface area contributed by atoms with Gasteiger partial charge < -0.3 is 25.6 Å². The van der Waals surface area contributed by atoms with Gasteiger partial charge >= 0.3 is 6.18 Å². The lowest BCUT2D eigenvalue weighted by Crippen LogP contribution is -2.49. The third-order valence-corrected chi connectivity index (χ3v) is 7.04. The topological polar surface area (TPSA) is 90.4 Å². The maximum absolute atomic E-state index is 13.2. The summed E-state index contributed by atoms with van der Waals surface area (Å²) in [6.45, 7) is 3.63. The normalized spacial score (nSPS) is 20.6. The molecule has 0 atom stereocenters. The van der Waals surface area contributed by atoms with Crippen molar-refractivity contribution in [1.29, 1.82) is 5.26 Å². The van der Waals surface area contributed by atoms with E-state index in [1.54, 1.807) is 12.3 Å². The molecule has 1 aromatic carbocycles. The first-order valence-corrected chi connectivity index (χ1v) is 12.4. The fourth-order valence-electron chi connectivity index (χ4n) is 4.63. The van der Waals surface area contributed by atoms with Gasteiger partial charge in [0.1, 0.15) is 10.8 Å². The van der Waals surface area contributed by atoms with Crippen molar-refractivity contribution in [1.82, 2.24) is 9.88 Å². The molecule has 2 heterocycles. The summed E-state index contributed by atoms with van der Waals surface area (Å²) in [5.41, 5.74) is 5.45. The summed E-state index contributed by atoms with van der Waals surface area (Å²) in [5.74, 6) is 0.909. The number of nitrogens with zero attached hydrogens (tertiary/aromatic N) is 4. The average molecular weight is 519 g/mol. The number of nitrogens with one attached hydrogen (secondary N) is 1. The number of nitrogens with two attached hydrogens (primary N) is 1. The molecule has 11 heteroatoms. The number of anilines is 3. The van der Waals surface area contributed by atoms with E-state index in [4.69, 9.17) is 28.0 Å². The van der Waals surface area contributed by atoms with E-state index in [1.807, 2.05) is 12.1 Å². The molecule has 2 fully saturated rings. The van der Waals surface area contributed by atoms with E-state index in [2.05, 4.69) is 20.1 Å². The van der Waals surface area contributed by atoms with Crippen LogP contribution < -0.4 is 16.0 Å². The highest BCUT2D eigenvalue weighted by atomic mass is 32.1. The van der Waals surface area contributed by atoms with Crippen molar-refractivity contribution in [3.63, 3.8) is 0 Å². The van der Waals surface area contributed by atoms with Crippen LogP contribution in [0.3, 0.4) is 0 Å². The minimum Gasteiger partial charge on any atom is -0.397 e. The van der Waals surface area contributed by atoms with Crippen LogP contribution in [0, 0.1) is 11.3 Å². The smallest absolute Gasteiger partial charge is 0.397 e. The summed E-state index contributed by atoms with van der Waals surface area (Å²) in [4.78, 5) is 9.54. The Morgan fingerprint density at radius 1 is 1.14 bits per heavy atom. The number of pyridine rings is 1. The van der Waals surface area contributed by atoms with Crippen LogP contribution in [0.25, 0.3) is 0 Å². The molecule has 0 radical (unpaired) electrons. The van der Waals surface area contributed by atoms with Crippen LogP contribution in [0.2, 0.25) is 0 Å². The molecule has 4 rings (SSSR count). The highest BCUT2D eigenvalue weighted by Gasteiger charge is 2.34. The number of nitrogen functional groups attached to an aromatic ring is 1. The molecular formula is C25H29F3N6OS.